The van der Waals surface area contributed by atoms with Crippen molar-refractivity contribution in [3.8, 4) is 6.07 Å². The second kappa shape index (κ2) is 6.19. The van der Waals surface area contributed by atoms with E-state index in [1.807, 2.05) is 6.07 Å². The van der Waals surface area contributed by atoms with Crippen LogP contribution in [0.25, 0.3) is 0 Å². The van der Waals surface area contributed by atoms with Crippen molar-refractivity contribution in [2.45, 2.75) is 25.8 Å². The van der Waals surface area contributed by atoms with E-state index in [2.05, 4.69) is 10.3 Å². The van der Waals surface area contributed by atoms with Crippen LogP contribution in [0.5, 0.6) is 0 Å². The van der Waals surface area contributed by atoms with Crippen LogP contribution in [0.3, 0.4) is 0 Å². The lowest BCUT2D eigenvalue weighted by molar-refractivity contribution is 0.315. The first-order valence-electron chi connectivity index (χ1n) is 6.41. The molecule has 3 N–H and O–H groups in total. The maximum atomic E-state index is 13.5. The number of hydrogen-bond acceptors (Lipinski definition) is 2. The maximum Gasteiger partial charge on any atom is 0.188 e. The monoisotopic (exact) mass is 260 g/mol. The molecule has 1 aromatic carbocycles. The third-order valence-corrected chi connectivity index (χ3v) is 3.39. The molecule has 1 saturated carbocycles. The van der Waals surface area contributed by atoms with Crippen molar-refractivity contribution >= 4 is 5.96 Å². The molecule has 0 unspecified atom stereocenters. The average molecular weight is 260 g/mol. The van der Waals surface area contributed by atoms with Gasteiger partial charge in [0.05, 0.1) is 18.2 Å². The van der Waals surface area contributed by atoms with Crippen molar-refractivity contribution < 1.29 is 4.39 Å². The minimum absolute atomic E-state index is 0.144. The number of nitrogens with one attached hydrogen (secondary N) is 1. The summed E-state index contributed by atoms with van der Waals surface area (Å²) in [5, 5.41) is 11.8. The highest BCUT2D eigenvalue weighted by atomic mass is 19.1. The van der Waals surface area contributed by atoms with Gasteiger partial charge in [0.15, 0.2) is 5.96 Å². The van der Waals surface area contributed by atoms with Crippen molar-refractivity contribution in [3.05, 3.63) is 35.1 Å². The van der Waals surface area contributed by atoms with Gasteiger partial charge in [0.2, 0.25) is 0 Å². The quantitative estimate of drug-likeness (QED) is 0.641. The van der Waals surface area contributed by atoms with E-state index in [1.165, 1.54) is 37.5 Å². The Morgan fingerprint density at radius 1 is 1.53 bits per heavy atom. The molecule has 1 aliphatic carbocycles. The van der Waals surface area contributed by atoms with Crippen LogP contribution >= 0.6 is 0 Å². The van der Waals surface area contributed by atoms with E-state index in [0.29, 0.717) is 23.0 Å². The van der Waals surface area contributed by atoms with Gasteiger partial charge >= 0.3 is 0 Å². The summed E-state index contributed by atoms with van der Waals surface area (Å²) in [6.45, 7) is 0.973. The number of benzene rings is 1. The Morgan fingerprint density at radius 3 is 2.95 bits per heavy atom. The lowest BCUT2D eigenvalue weighted by Gasteiger charge is -2.25. The molecule has 0 spiro atoms. The zero-order chi connectivity index (χ0) is 13.7. The molecule has 19 heavy (non-hydrogen) atoms. The normalized spacial score (nSPS) is 15.7. The number of nitriles is 1. The summed E-state index contributed by atoms with van der Waals surface area (Å²) in [5.74, 6) is 0.649. The highest BCUT2D eigenvalue weighted by Gasteiger charge is 2.16. The standard InChI is InChI=1S/C14H17FN4/c15-13-5-4-11(7-16)6-12(13)9-19-14(17)18-8-10-2-1-3-10/h4-6,10H,1-3,8-9H2,(H3,17,18,19). The zero-order valence-corrected chi connectivity index (χ0v) is 10.7. The SMILES string of the molecule is N#Cc1ccc(F)c(CN=C(N)NCC2CCC2)c1. The highest BCUT2D eigenvalue weighted by molar-refractivity contribution is 5.77. The summed E-state index contributed by atoms with van der Waals surface area (Å²) in [7, 11) is 0. The molecule has 1 aliphatic rings. The van der Waals surface area contributed by atoms with Gasteiger partial charge in [0.25, 0.3) is 0 Å². The minimum atomic E-state index is -0.366. The molecule has 100 valence electrons. The van der Waals surface area contributed by atoms with E-state index in [4.69, 9.17) is 11.0 Å². The molecule has 0 aliphatic heterocycles. The smallest absolute Gasteiger partial charge is 0.188 e. The van der Waals surface area contributed by atoms with Crippen molar-refractivity contribution in [3.63, 3.8) is 0 Å². The van der Waals surface area contributed by atoms with Gasteiger partial charge in [-0.25, -0.2) is 9.38 Å². The van der Waals surface area contributed by atoms with Crippen LogP contribution in [0.1, 0.15) is 30.4 Å². The Bertz CT molecular complexity index is 515. The Labute approximate surface area is 112 Å². The molecule has 0 bridgehead atoms. The lowest BCUT2D eigenvalue weighted by atomic mass is 9.85. The minimum Gasteiger partial charge on any atom is -0.370 e. The third kappa shape index (κ3) is 3.68. The highest BCUT2D eigenvalue weighted by Crippen LogP contribution is 2.24. The van der Waals surface area contributed by atoms with E-state index in [0.717, 1.165) is 6.54 Å². The fraction of sp³-hybridized carbons (Fsp3) is 0.429. The first kappa shape index (κ1) is 13.3. The number of hydrogen-bond donors (Lipinski definition) is 2. The predicted molar refractivity (Wildman–Crippen MR) is 71.8 cm³/mol. The van der Waals surface area contributed by atoms with Crippen LogP contribution in [0.15, 0.2) is 23.2 Å². The Hall–Kier alpha value is -2.09. The molecule has 1 aromatic rings. The molecule has 0 saturated heterocycles. The van der Waals surface area contributed by atoms with Crippen LogP contribution in [0.2, 0.25) is 0 Å². The summed E-state index contributed by atoms with van der Waals surface area (Å²) in [6, 6.07) is 6.20. The van der Waals surface area contributed by atoms with E-state index in [9.17, 15) is 4.39 Å². The summed E-state index contributed by atoms with van der Waals surface area (Å²) >= 11 is 0. The number of guanidine groups is 1. The van der Waals surface area contributed by atoms with Gasteiger partial charge in [-0.3, -0.25) is 0 Å². The van der Waals surface area contributed by atoms with Gasteiger partial charge in [-0.05, 0) is 37.0 Å². The third-order valence-electron chi connectivity index (χ3n) is 3.39. The van der Waals surface area contributed by atoms with Gasteiger partial charge < -0.3 is 11.1 Å². The van der Waals surface area contributed by atoms with Crippen molar-refractivity contribution in [1.29, 1.82) is 5.26 Å². The number of halogens is 1. The Kier molecular flexibility index (Phi) is 4.35. The van der Waals surface area contributed by atoms with E-state index in [-0.39, 0.29) is 12.4 Å². The molecule has 5 heteroatoms. The summed E-state index contributed by atoms with van der Waals surface area (Å²) in [6.07, 6.45) is 3.76. The molecule has 0 atom stereocenters. The predicted octanol–water partition coefficient (Wildman–Crippen LogP) is 1.90. The van der Waals surface area contributed by atoms with Gasteiger partial charge in [-0.2, -0.15) is 5.26 Å². The average Bonchev–Trinajstić information content (AvgIpc) is 2.36. The number of nitrogens with two attached hydrogens (primary N) is 1. The fourth-order valence-corrected chi connectivity index (χ4v) is 1.94. The zero-order valence-electron chi connectivity index (χ0n) is 10.7. The summed E-state index contributed by atoms with van der Waals surface area (Å²) < 4.78 is 13.5. The van der Waals surface area contributed by atoms with E-state index < -0.39 is 0 Å². The van der Waals surface area contributed by atoms with Crippen LogP contribution in [-0.2, 0) is 6.54 Å². The van der Waals surface area contributed by atoms with Crippen LogP contribution in [0, 0.1) is 23.1 Å². The summed E-state index contributed by atoms with van der Waals surface area (Å²) in [4.78, 5) is 4.09. The molecule has 1 fully saturated rings. The Morgan fingerprint density at radius 2 is 2.32 bits per heavy atom. The van der Waals surface area contributed by atoms with Gasteiger partial charge in [0.1, 0.15) is 5.82 Å². The lowest BCUT2D eigenvalue weighted by Crippen LogP contribution is -2.37. The van der Waals surface area contributed by atoms with Crippen molar-refractivity contribution in [2.75, 3.05) is 6.54 Å². The molecular formula is C14H17FN4. The van der Waals surface area contributed by atoms with Crippen LogP contribution in [-0.4, -0.2) is 12.5 Å². The molecule has 2 rings (SSSR count). The molecule has 0 radical (unpaired) electrons. The first-order valence-corrected chi connectivity index (χ1v) is 6.41. The number of nitrogens with zero attached hydrogens (tertiary/aromatic N) is 2. The number of aliphatic imine (C=N–C) groups is 1. The van der Waals surface area contributed by atoms with Crippen LogP contribution in [0.4, 0.5) is 4.39 Å². The van der Waals surface area contributed by atoms with Gasteiger partial charge in [-0.1, -0.05) is 6.42 Å². The second-order valence-corrected chi connectivity index (χ2v) is 4.80. The largest absolute Gasteiger partial charge is 0.370 e. The van der Waals surface area contributed by atoms with E-state index in [1.54, 1.807) is 0 Å². The van der Waals surface area contributed by atoms with E-state index >= 15 is 0 Å². The topological polar surface area (TPSA) is 74.2 Å². The van der Waals surface area contributed by atoms with Crippen LogP contribution < -0.4 is 11.1 Å². The molecule has 0 heterocycles. The van der Waals surface area contributed by atoms with Crippen molar-refractivity contribution in [1.82, 2.24) is 5.32 Å². The first-order chi connectivity index (χ1) is 9.19. The molecule has 0 aromatic heterocycles. The molecule has 0 amide bonds. The Balaban J connectivity index is 1.90. The molecular weight excluding hydrogens is 243 g/mol. The fourth-order valence-electron chi connectivity index (χ4n) is 1.94. The van der Waals surface area contributed by atoms with Gasteiger partial charge in [-0.15, -0.1) is 0 Å². The summed E-state index contributed by atoms with van der Waals surface area (Å²) in [5.41, 5.74) is 6.53. The molecule has 4 nitrogen and oxygen atoms in total. The second-order valence-electron chi connectivity index (χ2n) is 4.80. The van der Waals surface area contributed by atoms with Gasteiger partial charge in [0, 0.05) is 12.1 Å². The number of rotatable bonds is 4. The van der Waals surface area contributed by atoms with Crippen molar-refractivity contribution in [2.24, 2.45) is 16.6 Å². The maximum absolute atomic E-state index is 13.5.